The second kappa shape index (κ2) is 7.13. The number of nitriles is 1. The summed E-state index contributed by atoms with van der Waals surface area (Å²) < 4.78 is 3.77. The molecule has 4 aromatic rings. The van der Waals surface area contributed by atoms with Crippen LogP contribution in [0.15, 0.2) is 59.7 Å². The maximum atomic E-state index is 12.7. The molecule has 0 saturated carbocycles. The van der Waals surface area contributed by atoms with Crippen LogP contribution in [0.1, 0.15) is 11.3 Å². The predicted octanol–water partition coefficient (Wildman–Crippen LogP) is 3.74. The number of aromatic nitrogens is 4. The summed E-state index contributed by atoms with van der Waals surface area (Å²) in [6, 6.07) is 14.8. The highest BCUT2D eigenvalue weighted by atomic mass is 127. The van der Waals surface area contributed by atoms with Crippen molar-refractivity contribution in [1.29, 1.82) is 5.26 Å². The third kappa shape index (κ3) is 3.34. The van der Waals surface area contributed by atoms with E-state index in [9.17, 15) is 4.79 Å². The van der Waals surface area contributed by atoms with E-state index in [-0.39, 0.29) is 12.2 Å². The van der Waals surface area contributed by atoms with Crippen LogP contribution >= 0.6 is 34.2 Å². The molecular formula is C19H11ClIN5O. The third-order valence-electron chi connectivity index (χ3n) is 4.11. The van der Waals surface area contributed by atoms with Crippen LogP contribution in [0.5, 0.6) is 0 Å². The highest BCUT2D eigenvalue weighted by molar-refractivity contribution is 14.1. The van der Waals surface area contributed by atoms with Crippen molar-refractivity contribution >= 4 is 39.8 Å². The second-order valence-corrected chi connectivity index (χ2v) is 7.35. The van der Waals surface area contributed by atoms with Gasteiger partial charge in [-0.15, -0.1) is 5.10 Å². The molecule has 3 aromatic heterocycles. The van der Waals surface area contributed by atoms with E-state index in [4.69, 9.17) is 16.9 Å². The Morgan fingerprint density at radius 1 is 1.15 bits per heavy atom. The quantitative estimate of drug-likeness (QED) is 0.413. The van der Waals surface area contributed by atoms with Gasteiger partial charge in [-0.2, -0.15) is 5.26 Å². The maximum Gasteiger partial charge on any atom is 0.350 e. The van der Waals surface area contributed by atoms with Crippen LogP contribution in [0.4, 0.5) is 0 Å². The Bertz CT molecular complexity index is 1240. The van der Waals surface area contributed by atoms with Gasteiger partial charge in [0.1, 0.15) is 6.07 Å². The lowest BCUT2D eigenvalue weighted by molar-refractivity contribution is 0.646. The van der Waals surface area contributed by atoms with Gasteiger partial charge in [0, 0.05) is 23.0 Å². The van der Waals surface area contributed by atoms with Gasteiger partial charge in [-0.1, -0.05) is 23.7 Å². The van der Waals surface area contributed by atoms with Crippen LogP contribution in [0.3, 0.4) is 0 Å². The lowest BCUT2D eigenvalue weighted by atomic mass is 10.1. The van der Waals surface area contributed by atoms with E-state index >= 15 is 0 Å². The molecule has 0 N–H and O–H groups in total. The molecule has 0 fully saturated rings. The molecule has 0 aliphatic carbocycles. The first-order chi connectivity index (χ1) is 13.1. The van der Waals surface area contributed by atoms with Crippen LogP contribution in [-0.4, -0.2) is 19.2 Å². The van der Waals surface area contributed by atoms with Crippen LogP contribution in [0, 0.1) is 14.9 Å². The molecule has 0 bridgehead atoms. The highest BCUT2D eigenvalue weighted by Crippen LogP contribution is 2.28. The highest BCUT2D eigenvalue weighted by Gasteiger charge is 2.14. The molecule has 0 radical (unpaired) electrons. The van der Waals surface area contributed by atoms with Crippen molar-refractivity contribution in [3.63, 3.8) is 0 Å². The van der Waals surface area contributed by atoms with Crippen molar-refractivity contribution in [2.45, 2.75) is 6.54 Å². The molecule has 0 amide bonds. The van der Waals surface area contributed by atoms with Gasteiger partial charge in [-0.25, -0.2) is 13.9 Å². The Morgan fingerprint density at radius 2 is 1.93 bits per heavy atom. The summed E-state index contributed by atoms with van der Waals surface area (Å²) in [6.07, 6.45) is 3.21. The van der Waals surface area contributed by atoms with Crippen LogP contribution < -0.4 is 5.69 Å². The molecule has 0 spiro atoms. The van der Waals surface area contributed by atoms with E-state index in [2.05, 4.69) is 32.7 Å². The minimum atomic E-state index is -0.239. The van der Waals surface area contributed by atoms with E-state index < -0.39 is 0 Å². The molecule has 8 heteroatoms. The summed E-state index contributed by atoms with van der Waals surface area (Å²) in [6.45, 7) is 0.235. The molecule has 0 saturated heterocycles. The first kappa shape index (κ1) is 17.7. The molecule has 1 aromatic carbocycles. The minimum Gasteiger partial charge on any atom is -0.258 e. The summed E-state index contributed by atoms with van der Waals surface area (Å²) in [5, 5.41) is 14.0. The third-order valence-corrected chi connectivity index (χ3v) is 5.43. The van der Waals surface area contributed by atoms with Crippen LogP contribution in [0.25, 0.3) is 16.8 Å². The van der Waals surface area contributed by atoms with E-state index in [0.717, 1.165) is 14.7 Å². The normalized spacial score (nSPS) is 10.9. The number of pyridine rings is 2. The lowest BCUT2D eigenvalue weighted by Crippen LogP contribution is -2.22. The number of hydrogen-bond acceptors (Lipinski definition) is 4. The van der Waals surface area contributed by atoms with E-state index in [1.807, 2.05) is 36.4 Å². The van der Waals surface area contributed by atoms with Gasteiger partial charge in [-0.05, 0) is 58.5 Å². The van der Waals surface area contributed by atoms with E-state index in [0.29, 0.717) is 21.9 Å². The second-order valence-electron chi connectivity index (χ2n) is 5.83. The number of nitrogens with zero attached hydrogens (tertiary/aromatic N) is 5. The molecule has 0 unspecified atom stereocenters. The molecule has 27 heavy (non-hydrogen) atoms. The molecule has 6 nitrogen and oxygen atoms in total. The molecule has 0 aliphatic rings. The average Bonchev–Trinajstić information content (AvgIpc) is 3.00. The number of fused-ring (bicyclic) bond motifs is 1. The lowest BCUT2D eigenvalue weighted by Gasteiger charge is -2.05. The number of halogens is 2. The molecule has 0 aliphatic heterocycles. The van der Waals surface area contributed by atoms with Crippen molar-refractivity contribution in [1.82, 2.24) is 19.2 Å². The number of benzene rings is 1. The zero-order valence-corrected chi connectivity index (χ0v) is 16.7. The first-order valence-corrected chi connectivity index (χ1v) is 9.41. The molecule has 3 heterocycles. The zero-order chi connectivity index (χ0) is 19.0. The van der Waals surface area contributed by atoms with E-state index in [1.165, 1.54) is 15.3 Å². The van der Waals surface area contributed by atoms with Crippen molar-refractivity contribution in [3.8, 4) is 17.2 Å². The van der Waals surface area contributed by atoms with Gasteiger partial charge in [0.25, 0.3) is 0 Å². The summed E-state index contributed by atoms with van der Waals surface area (Å²) in [4.78, 5) is 16.9. The van der Waals surface area contributed by atoms with Crippen LogP contribution in [0.2, 0.25) is 5.02 Å². The average molecular weight is 488 g/mol. The number of hydrogen-bond donors (Lipinski definition) is 0. The van der Waals surface area contributed by atoms with Crippen molar-refractivity contribution in [2.75, 3.05) is 0 Å². The van der Waals surface area contributed by atoms with Crippen molar-refractivity contribution in [3.05, 3.63) is 85.2 Å². The van der Waals surface area contributed by atoms with Gasteiger partial charge >= 0.3 is 5.69 Å². The summed E-state index contributed by atoms with van der Waals surface area (Å²) in [5.74, 6) is 0. The summed E-state index contributed by atoms with van der Waals surface area (Å²) >= 11 is 8.17. The Kier molecular flexibility index (Phi) is 4.68. The SMILES string of the molecule is N#Cc1ccc(Cn2nc3c(I)c(-c4ccc(Cl)cc4)ccn3c2=O)nc1. The minimum absolute atomic E-state index is 0.235. The molecular weight excluding hydrogens is 477 g/mol. The Labute approximate surface area is 172 Å². The number of rotatable bonds is 3. The fourth-order valence-corrected chi connectivity index (χ4v) is 3.72. The monoisotopic (exact) mass is 487 g/mol. The van der Waals surface area contributed by atoms with E-state index in [1.54, 1.807) is 18.3 Å². The first-order valence-electron chi connectivity index (χ1n) is 7.95. The van der Waals surface area contributed by atoms with Gasteiger partial charge in [0.2, 0.25) is 0 Å². The molecule has 0 atom stereocenters. The topological polar surface area (TPSA) is 76.0 Å². The molecule has 4 rings (SSSR count). The van der Waals surface area contributed by atoms with Crippen molar-refractivity contribution in [2.24, 2.45) is 0 Å². The standard InChI is InChI=1S/C19H11ClIN5O/c20-14-4-2-13(3-5-14)16-7-8-25-18(17(16)21)24-26(19(25)27)11-15-6-1-12(9-22)10-23-15/h1-8,10H,11H2. The fraction of sp³-hybridized carbons (Fsp3) is 0.0526. The zero-order valence-electron chi connectivity index (χ0n) is 13.8. The van der Waals surface area contributed by atoms with Gasteiger partial charge < -0.3 is 0 Å². The van der Waals surface area contributed by atoms with Crippen molar-refractivity contribution < 1.29 is 0 Å². The fourth-order valence-electron chi connectivity index (χ4n) is 2.74. The van der Waals surface area contributed by atoms with Gasteiger partial charge in [0.05, 0.1) is 21.4 Å². The Hall–Kier alpha value is -2.70. The Balaban J connectivity index is 1.76. The summed E-state index contributed by atoms with van der Waals surface area (Å²) in [7, 11) is 0. The largest absolute Gasteiger partial charge is 0.350 e. The van der Waals surface area contributed by atoms with Gasteiger partial charge in [-0.3, -0.25) is 4.98 Å². The van der Waals surface area contributed by atoms with Crippen LogP contribution in [-0.2, 0) is 6.54 Å². The Morgan fingerprint density at radius 3 is 2.59 bits per heavy atom. The molecule has 132 valence electrons. The summed E-state index contributed by atoms with van der Waals surface area (Å²) in [5.41, 5.74) is 3.46. The predicted molar refractivity (Wildman–Crippen MR) is 111 cm³/mol. The smallest absolute Gasteiger partial charge is 0.258 e. The van der Waals surface area contributed by atoms with Gasteiger partial charge in [0.15, 0.2) is 5.65 Å². The maximum absolute atomic E-state index is 12.7.